The van der Waals surface area contributed by atoms with E-state index in [1.54, 1.807) is 12.1 Å². The number of non-ortho nitro benzene ring substituents is 1. The molecule has 0 saturated carbocycles. The second-order valence-electron chi connectivity index (χ2n) is 3.34. The molecule has 0 saturated heterocycles. The van der Waals surface area contributed by atoms with Crippen LogP contribution in [0, 0.1) is 10.1 Å². The smallest absolute Gasteiger partial charge is 0.269 e. The minimum atomic E-state index is -0.431. The average Bonchev–Trinajstić information content (AvgIpc) is 2.18. The SMILES string of the molecule is C/C([11CH3])=C\COc1ccc([N+](=O)[O-])cc1. The number of rotatable bonds is 4. The Hall–Kier alpha value is -1.84. The van der Waals surface area contributed by atoms with Crippen LogP contribution in [-0.2, 0) is 0 Å². The Morgan fingerprint density at radius 2 is 2.00 bits per heavy atom. The summed E-state index contributed by atoms with van der Waals surface area (Å²) in [4.78, 5) is 9.94. The van der Waals surface area contributed by atoms with Crippen LogP contribution in [-0.4, -0.2) is 11.5 Å². The van der Waals surface area contributed by atoms with Crippen LogP contribution >= 0.6 is 0 Å². The van der Waals surface area contributed by atoms with Crippen LogP contribution in [0.15, 0.2) is 35.9 Å². The third-order valence-corrected chi connectivity index (χ3v) is 1.79. The molecular weight excluding hydrogens is 193 g/mol. The summed E-state index contributed by atoms with van der Waals surface area (Å²) < 4.78 is 5.35. The molecule has 0 amide bonds. The zero-order chi connectivity index (χ0) is 11.3. The Bertz CT molecular complexity index is 364. The van der Waals surface area contributed by atoms with Crippen molar-refractivity contribution in [3.63, 3.8) is 0 Å². The van der Waals surface area contributed by atoms with Crippen molar-refractivity contribution in [2.75, 3.05) is 6.61 Å². The number of allylic oxidation sites excluding steroid dienone is 1. The van der Waals surface area contributed by atoms with Gasteiger partial charge in [0, 0.05) is 12.1 Å². The van der Waals surface area contributed by atoms with Gasteiger partial charge in [-0.3, -0.25) is 10.1 Å². The minimum Gasteiger partial charge on any atom is -0.490 e. The number of nitro benzene ring substituents is 1. The van der Waals surface area contributed by atoms with E-state index in [1.807, 2.05) is 19.9 Å². The molecule has 0 N–H and O–H groups in total. The fourth-order valence-electron chi connectivity index (χ4n) is 0.969. The van der Waals surface area contributed by atoms with E-state index in [9.17, 15) is 10.1 Å². The summed E-state index contributed by atoms with van der Waals surface area (Å²) in [6, 6.07) is 6.05. The molecule has 0 aliphatic heterocycles. The molecule has 0 radical (unpaired) electrons. The highest BCUT2D eigenvalue weighted by Crippen LogP contribution is 2.17. The normalized spacial score (nSPS) is 11.2. The van der Waals surface area contributed by atoms with Gasteiger partial charge in [0.05, 0.1) is 4.92 Å². The number of hydrogen-bond acceptors (Lipinski definition) is 3. The molecule has 0 aromatic heterocycles. The topological polar surface area (TPSA) is 52.4 Å². The average molecular weight is 206 g/mol. The van der Waals surface area contributed by atoms with Gasteiger partial charge in [0.15, 0.2) is 0 Å². The van der Waals surface area contributed by atoms with Gasteiger partial charge in [0.2, 0.25) is 0 Å². The predicted molar refractivity (Wildman–Crippen MR) is 58.0 cm³/mol. The van der Waals surface area contributed by atoms with E-state index in [4.69, 9.17) is 4.74 Å². The summed E-state index contributed by atoms with van der Waals surface area (Å²) in [7, 11) is 0. The monoisotopic (exact) mass is 206 g/mol. The van der Waals surface area contributed by atoms with Gasteiger partial charge in [-0.2, -0.15) is 0 Å². The second-order valence-corrected chi connectivity index (χ2v) is 3.34. The predicted octanol–water partition coefficient (Wildman–Crippen LogP) is 2.94. The standard InChI is InChI=1S/C11H13NO3/c1-9(2)7-8-15-11-5-3-10(4-6-11)12(13)14/h3-7H,8H2,1-2H3/i1-1/b9-7-. The molecule has 0 unspecified atom stereocenters. The fraction of sp³-hybridized carbons (Fsp3) is 0.273. The molecule has 0 aliphatic rings. The van der Waals surface area contributed by atoms with Crippen LogP contribution in [0.2, 0.25) is 0 Å². The van der Waals surface area contributed by atoms with Gasteiger partial charge in [-0.25, -0.2) is 0 Å². The van der Waals surface area contributed by atoms with Gasteiger partial charge in [-0.05, 0) is 32.1 Å². The highest BCUT2D eigenvalue weighted by Gasteiger charge is 2.03. The molecule has 1 rings (SSSR count). The summed E-state index contributed by atoms with van der Waals surface area (Å²) in [6.07, 6.45) is 1.95. The summed E-state index contributed by atoms with van der Waals surface area (Å²) in [6.45, 7) is 4.46. The third kappa shape index (κ3) is 3.81. The molecule has 0 bridgehead atoms. The molecular formula is C11H13NO3. The molecule has 1 aromatic carbocycles. The van der Waals surface area contributed by atoms with E-state index < -0.39 is 4.92 Å². The van der Waals surface area contributed by atoms with Crippen molar-refractivity contribution in [1.82, 2.24) is 0 Å². The van der Waals surface area contributed by atoms with Gasteiger partial charge >= 0.3 is 0 Å². The number of benzene rings is 1. The first-order valence-electron chi connectivity index (χ1n) is 4.60. The highest BCUT2D eigenvalue weighted by molar-refractivity contribution is 5.36. The van der Waals surface area contributed by atoms with Crippen LogP contribution in [0.1, 0.15) is 13.8 Å². The van der Waals surface area contributed by atoms with Gasteiger partial charge in [0.25, 0.3) is 5.69 Å². The van der Waals surface area contributed by atoms with Crippen LogP contribution < -0.4 is 4.74 Å². The van der Waals surface area contributed by atoms with Crippen LogP contribution in [0.4, 0.5) is 5.69 Å². The van der Waals surface area contributed by atoms with Crippen LogP contribution in [0.3, 0.4) is 0 Å². The number of hydrogen-bond donors (Lipinski definition) is 0. The second kappa shape index (κ2) is 5.14. The maximum atomic E-state index is 10.4. The maximum absolute atomic E-state index is 10.4. The van der Waals surface area contributed by atoms with Gasteiger partial charge in [-0.15, -0.1) is 0 Å². The lowest BCUT2D eigenvalue weighted by molar-refractivity contribution is -0.384. The van der Waals surface area contributed by atoms with Gasteiger partial charge in [-0.1, -0.05) is 5.57 Å². The molecule has 80 valence electrons. The number of ether oxygens (including phenoxy) is 1. The summed E-state index contributed by atoms with van der Waals surface area (Å²) in [5.41, 5.74) is 1.25. The van der Waals surface area contributed by atoms with Crippen molar-refractivity contribution in [2.45, 2.75) is 13.8 Å². The van der Waals surface area contributed by atoms with Crippen molar-refractivity contribution in [1.29, 1.82) is 0 Å². The van der Waals surface area contributed by atoms with E-state index in [0.29, 0.717) is 12.4 Å². The zero-order valence-corrected chi connectivity index (χ0v) is 8.77. The number of nitro groups is 1. The molecule has 1 aromatic rings. The first-order chi connectivity index (χ1) is 7.09. The third-order valence-electron chi connectivity index (χ3n) is 1.79. The highest BCUT2D eigenvalue weighted by atomic mass is 16.6. The summed E-state index contributed by atoms with van der Waals surface area (Å²) >= 11 is 0. The molecule has 0 heterocycles. The molecule has 15 heavy (non-hydrogen) atoms. The summed E-state index contributed by atoms with van der Waals surface area (Å²) in [5.74, 6) is 0.637. The van der Waals surface area contributed by atoms with E-state index >= 15 is 0 Å². The molecule has 0 atom stereocenters. The molecule has 0 aliphatic carbocycles. The lowest BCUT2D eigenvalue weighted by atomic mass is 10.1. The van der Waals surface area contributed by atoms with Crippen molar-refractivity contribution < 1.29 is 9.66 Å². The molecule has 0 spiro atoms. The fourth-order valence-corrected chi connectivity index (χ4v) is 0.969. The van der Waals surface area contributed by atoms with E-state index in [-0.39, 0.29) is 5.69 Å². The van der Waals surface area contributed by atoms with Gasteiger partial charge < -0.3 is 4.74 Å². The van der Waals surface area contributed by atoms with E-state index in [2.05, 4.69) is 0 Å². The lowest BCUT2D eigenvalue weighted by Gasteiger charge is -2.02. The minimum absolute atomic E-state index is 0.0737. The quantitative estimate of drug-likeness (QED) is 0.432. The Kier molecular flexibility index (Phi) is 3.85. The van der Waals surface area contributed by atoms with Crippen molar-refractivity contribution >= 4 is 5.69 Å². The van der Waals surface area contributed by atoms with E-state index in [0.717, 1.165) is 0 Å². The maximum Gasteiger partial charge on any atom is 0.269 e. The Balaban J connectivity index is 2.57. The summed E-state index contributed by atoms with van der Waals surface area (Å²) in [5, 5.41) is 10.4. The van der Waals surface area contributed by atoms with Crippen molar-refractivity contribution in [2.24, 2.45) is 0 Å². The largest absolute Gasteiger partial charge is 0.490 e. The van der Waals surface area contributed by atoms with Gasteiger partial charge in [0.1, 0.15) is 12.4 Å². The number of nitrogens with zero attached hydrogens (tertiary/aromatic N) is 1. The Labute approximate surface area is 88.3 Å². The first-order valence-corrected chi connectivity index (χ1v) is 4.60. The lowest BCUT2D eigenvalue weighted by Crippen LogP contribution is -1.94. The molecule has 4 heteroatoms. The van der Waals surface area contributed by atoms with Crippen molar-refractivity contribution in [3.8, 4) is 5.75 Å². The Morgan fingerprint density at radius 1 is 1.40 bits per heavy atom. The Morgan fingerprint density at radius 3 is 2.47 bits per heavy atom. The zero-order valence-electron chi connectivity index (χ0n) is 8.77. The van der Waals surface area contributed by atoms with Crippen LogP contribution in [0.5, 0.6) is 5.75 Å². The molecule has 0 fully saturated rings. The van der Waals surface area contributed by atoms with Crippen LogP contribution in [0.25, 0.3) is 0 Å². The first kappa shape index (κ1) is 11.2. The molecule has 4 nitrogen and oxygen atoms in total. The van der Waals surface area contributed by atoms with Crippen molar-refractivity contribution in [3.05, 3.63) is 46.0 Å². The van der Waals surface area contributed by atoms with E-state index in [1.165, 1.54) is 17.7 Å².